The van der Waals surface area contributed by atoms with Crippen LogP contribution < -0.4 is 4.90 Å². The van der Waals surface area contributed by atoms with Gasteiger partial charge in [-0.25, -0.2) is 8.42 Å². The van der Waals surface area contributed by atoms with Crippen LogP contribution in [-0.4, -0.2) is 31.9 Å². The molecule has 1 aliphatic heterocycles. The van der Waals surface area contributed by atoms with Crippen molar-refractivity contribution in [3.8, 4) is 0 Å². The van der Waals surface area contributed by atoms with Gasteiger partial charge in [-0.05, 0) is 79.8 Å². The van der Waals surface area contributed by atoms with Crippen LogP contribution in [-0.2, 0) is 29.4 Å². The van der Waals surface area contributed by atoms with E-state index in [9.17, 15) is 8.42 Å². The van der Waals surface area contributed by atoms with Gasteiger partial charge in [0, 0.05) is 31.4 Å². The van der Waals surface area contributed by atoms with Crippen molar-refractivity contribution in [3.63, 3.8) is 0 Å². The van der Waals surface area contributed by atoms with Gasteiger partial charge < -0.3 is 4.90 Å². The predicted molar refractivity (Wildman–Crippen MR) is 140 cm³/mol. The van der Waals surface area contributed by atoms with Crippen molar-refractivity contribution in [2.45, 2.75) is 95.0 Å². The summed E-state index contributed by atoms with van der Waals surface area (Å²) in [5.74, 6) is 0.710. The summed E-state index contributed by atoms with van der Waals surface area (Å²) in [6.07, 6.45) is 12.6. The normalized spacial score (nSPS) is 19.8. The van der Waals surface area contributed by atoms with Crippen molar-refractivity contribution in [1.29, 1.82) is 0 Å². The number of anilines is 1. The second-order valence-corrected chi connectivity index (χ2v) is 12.5. The zero-order valence-electron chi connectivity index (χ0n) is 20.7. The summed E-state index contributed by atoms with van der Waals surface area (Å²) in [6.45, 7) is 4.81. The summed E-state index contributed by atoms with van der Waals surface area (Å²) in [6, 6.07) is 14.6. The molecule has 0 bridgehead atoms. The van der Waals surface area contributed by atoms with Crippen molar-refractivity contribution in [3.05, 3.63) is 59.2 Å². The van der Waals surface area contributed by atoms with Gasteiger partial charge in [0.05, 0.1) is 4.90 Å². The van der Waals surface area contributed by atoms with Gasteiger partial charge in [0.1, 0.15) is 0 Å². The number of nitrogens with zero attached hydrogens (tertiary/aromatic N) is 2. The molecule has 184 valence electrons. The molecule has 3 aliphatic rings. The minimum atomic E-state index is -3.55. The molecule has 1 heterocycles. The highest BCUT2D eigenvalue weighted by atomic mass is 32.2. The maximum absolute atomic E-state index is 14.0. The molecular weight excluding hydrogens is 440 g/mol. The van der Waals surface area contributed by atoms with E-state index in [1.165, 1.54) is 48.9 Å². The van der Waals surface area contributed by atoms with E-state index in [4.69, 9.17) is 0 Å². The lowest BCUT2D eigenvalue weighted by Gasteiger charge is -2.32. The van der Waals surface area contributed by atoms with Crippen LogP contribution in [0.3, 0.4) is 0 Å². The first kappa shape index (κ1) is 23.9. The van der Waals surface area contributed by atoms with Gasteiger partial charge in [0.15, 0.2) is 0 Å². The Bertz CT molecular complexity index is 1090. The van der Waals surface area contributed by atoms with Crippen molar-refractivity contribution in [2.24, 2.45) is 5.92 Å². The summed E-state index contributed by atoms with van der Waals surface area (Å²) in [4.78, 5) is 2.91. The third-order valence-electron chi connectivity index (χ3n) is 8.31. The largest absolute Gasteiger partial charge is 0.372 e. The number of rotatable bonds is 8. The lowest BCUT2D eigenvalue weighted by atomic mass is 9.98. The van der Waals surface area contributed by atoms with Gasteiger partial charge in [-0.2, -0.15) is 4.31 Å². The van der Waals surface area contributed by atoms with Gasteiger partial charge in [-0.3, -0.25) is 0 Å². The van der Waals surface area contributed by atoms with Crippen molar-refractivity contribution in [2.75, 3.05) is 18.0 Å². The Kier molecular flexibility index (Phi) is 7.31. The van der Waals surface area contributed by atoms with Crippen LogP contribution in [0.25, 0.3) is 0 Å². The van der Waals surface area contributed by atoms with Crippen molar-refractivity contribution in [1.82, 2.24) is 4.31 Å². The summed E-state index contributed by atoms with van der Waals surface area (Å²) in [5.41, 5.74) is 4.99. The molecule has 2 aliphatic carbocycles. The monoisotopic (exact) mass is 480 g/mol. The molecule has 2 aromatic rings. The number of hydrogen-bond donors (Lipinski definition) is 0. The van der Waals surface area contributed by atoms with E-state index in [1.807, 2.05) is 16.4 Å². The van der Waals surface area contributed by atoms with Crippen LogP contribution in [0.1, 0.15) is 81.4 Å². The molecule has 34 heavy (non-hydrogen) atoms. The van der Waals surface area contributed by atoms with E-state index in [1.54, 1.807) is 6.07 Å². The van der Waals surface area contributed by atoms with Crippen LogP contribution >= 0.6 is 0 Å². The minimum Gasteiger partial charge on any atom is -0.372 e. The Morgan fingerprint density at radius 2 is 1.68 bits per heavy atom. The maximum atomic E-state index is 14.0. The number of aryl methyl sites for hydroxylation is 1. The molecule has 2 fully saturated rings. The molecule has 5 heteroatoms. The Labute approximate surface area is 206 Å². The number of benzene rings is 2. The Hall–Kier alpha value is -1.85. The van der Waals surface area contributed by atoms with Gasteiger partial charge in [-0.15, -0.1) is 0 Å². The zero-order chi connectivity index (χ0) is 23.5. The van der Waals surface area contributed by atoms with E-state index in [0.717, 1.165) is 57.2 Å². The van der Waals surface area contributed by atoms with E-state index < -0.39 is 10.0 Å². The van der Waals surface area contributed by atoms with Crippen LogP contribution in [0.4, 0.5) is 5.69 Å². The predicted octanol–water partition coefficient (Wildman–Crippen LogP) is 6.33. The fraction of sp³-hybridized carbons (Fsp3) is 0.586. The molecule has 4 nitrogen and oxygen atoms in total. The van der Waals surface area contributed by atoms with Crippen molar-refractivity contribution >= 4 is 15.7 Å². The molecule has 2 aromatic carbocycles. The number of sulfonamides is 1. The lowest BCUT2D eigenvalue weighted by Crippen LogP contribution is -2.38. The Morgan fingerprint density at radius 1 is 0.912 bits per heavy atom. The molecule has 0 N–H and O–H groups in total. The first-order chi connectivity index (χ1) is 16.5. The fourth-order valence-electron chi connectivity index (χ4n) is 6.45. The quantitative estimate of drug-likeness (QED) is 0.443. The zero-order valence-corrected chi connectivity index (χ0v) is 21.5. The minimum absolute atomic E-state index is 0.103. The van der Waals surface area contributed by atoms with E-state index in [0.29, 0.717) is 17.4 Å². The lowest BCUT2D eigenvalue weighted by molar-refractivity contribution is 0.316. The topological polar surface area (TPSA) is 40.6 Å². The summed E-state index contributed by atoms with van der Waals surface area (Å²) >= 11 is 0. The molecular formula is C29H40N2O2S. The molecule has 0 saturated heterocycles. The SMILES string of the molecule is CCN1CCCc2cc(CN(C3CCCC3)S(=O)(=O)c3cccc(CC4CCCC4)c3)ccc21. The van der Waals surface area contributed by atoms with E-state index in [2.05, 4.69) is 36.1 Å². The number of fused-ring (bicyclic) bond motifs is 1. The summed E-state index contributed by atoms with van der Waals surface area (Å²) < 4.78 is 29.9. The Balaban J connectivity index is 1.42. The summed E-state index contributed by atoms with van der Waals surface area (Å²) in [7, 11) is -3.55. The fourth-order valence-corrected chi connectivity index (χ4v) is 8.20. The van der Waals surface area contributed by atoms with Gasteiger partial charge in [0.2, 0.25) is 10.0 Å². The second kappa shape index (κ2) is 10.4. The van der Waals surface area contributed by atoms with E-state index in [-0.39, 0.29) is 6.04 Å². The first-order valence-electron chi connectivity index (χ1n) is 13.5. The van der Waals surface area contributed by atoms with Gasteiger partial charge >= 0.3 is 0 Å². The third kappa shape index (κ3) is 5.06. The molecule has 5 rings (SSSR count). The van der Waals surface area contributed by atoms with Crippen LogP contribution in [0.15, 0.2) is 47.4 Å². The molecule has 0 atom stereocenters. The molecule has 0 aromatic heterocycles. The van der Waals surface area contributed by atoms with Gasteiger partial charge in [-0.1, -0.05) is 62.8 Å². The third-order valence-corrected chi connectivity index (χ3v) is 10.2. The first-order valence-corrected chi connectivity index (χ1v) is 15.0. The standard InChI is InChI=1S/C29H40N2O2S/c1-2-30-18-8-12-26-20-25(16-17-29(26)30)22-31(27-13-5-6-14-27)34(32,33)28-15-7-11-24(21-28)19-23-9-3-4-10-23/h7,11,15-17,20-21,23,27H,2-6,8-10,12-14,18-19,22H2,1H3. The number of hydrogen-bond acceptors (Lipinski definition) is 3. The van der Waals surface area contributed by atoms with Crippen LogP contribution in [0.5, 0.6) is 0 Å². The van der Waals surface area contributed by atoms with Gasteiger partial charge in [0.25, 0.3) is 0 Å². The molecule has 2 saturated carbocycles. The highest BCUT2D eigenvalue weighted by molar-refractivity contribution is 7.89. The highest BCUT2D eigenvalue weighted by Crippen LogP contribution is 2.34. The van der Waals surface area contributed by atoms with Crippen molar-refractivity contribution < 1.29 is 8.42 Å². The highest BCUT2D eigenvalue weighted by Gasteiger charge is 2.34. The second-order valence-electron chi connectivity index (χ2n) is 10.6. The van der Waals surface area contributed by atoms with Crippen LogP contribution in [0.2, 0.25) is 0 Å². The van der Waals surface area contributed by atoms with Crippen LogP contribution in [0, 0.1) is 5.92 Å². The molecule has 0 unspecified atom stereocenters. The average molecular weight is 481 g/mol. The average Bonchev–Trinajstić information content (AvgIpc) is 3.57. The van der Waals surface area contributed by atoms with E-state index >= 15 is 0 Å². The molecule has 0 spiro atoms. The summed E-state index contributed by atoms with van der Waals surface area (Å²) in [5, 5.41) is 0. The molecule has 0 amide bonds. The Morgan fingerprint density at radius 3 is 2.44 bits per heavy atom. The smallest absolute Gasteiger partial charge is 0.243 e. The maximum Gasteiger partial charge on any atom is 0.243 e. The molecule has 0 radical (unpaired) electrons.